The first kappa shape index (κ1) is 14.3. The second-order valence-electron chi connectivity index (χ2n) is 4.22. The minimum atomic E-state index is -0.682. The molecular formula is C13H13ClFN3O2. The van der Waals surface area contributed by atoms with Crippen LogP contribution in [0.25, 0.3) is 0 Å². The second kappa shape index (κ2) is 5.92. The van der Waals surface area contributed by atoms with Crippen molar-refractivity contribution >= 4 is 17.3 Å². The summed E-state index contributed by atoms with van der Waals surface area (Å²) in [5.74, 6) is -0.554. The SMILES string of the molecule is CC(C)Oc1ncnc(Oc2cccc(Cl)c2F)c1N. The highest BCUT2D eigenvalue weighted by Gasteiger charge is 2.15. The van der Waals surface area contributed by atoms with Gasteiger partial charge in [-0.2, -0.15) is 9.97 Å². The molecule has 0 amide bonds. The van der Waals surface area contributed by atoms with Crippen molar-refractivity contribution in [2.75, 3.05) is 5.73 Å². The van der Waals surface area contributed by atoms with Crippen molar-refractivity contribution < 1.29 is 13.9 Å². The molecule has 7 heteroatoms. The summed E-state index contributed by atoms with van der Waals surface area (Å²) in [6, 6.07) is 4.40. The Balaban J connectivity index is 2.32. The minimum absolute atomic E-state index is 0.0109. The fourth-order valence-corrected chi connectivity index (χ4v) is 1.60. The number of nitrogen functional groups attached to an aromatic ring is 1. The molecule has 5 nitrogen and oxygen atoms in total. The van der Waals surface area contributed by atoms with Gasteiger partial charge in [-0.15, -0.1) is 0 Å². The van der Waals surface area contributed by atoms with Crippen LogP contribution in [0.1, 0.15) is 13.8 Å². The van der Waals surface area contributed by atoms with E-state index in [1.807, 2.05) is 13.8 Å². The molecule has 0 fully saturated rings. The van der Waals surface area contributed by atoms with Crippen LogP contribution in [-0.2, 0) is 0 Å². The van der Waals surface area contributed by atoms with Crippen molar-refractivity contribution in [3.8, 4) is 17.5 Å². The van der Waals surface area contributed by atoms with Gasteiger partial charge in [-0.25, -0.2) is 4.39 Å². The van der Waals surface area contributed by atoms with Gasteiger partial charge in [-0.05, 0) is 26.0 Å². The lowest BCUT2D eigenvalue weighted by molar-refractivity contribution is 0.232. The first-order valence-corrected chi connectivity index (χ1v) is 6.26. The normalized spacial score (nSPS) is 10.7. The number of benzene rings is 1. The first-order valence-electron chi connectivity index (χ1n) is 5.88. The number of hydrogen-bond acceptors (Lipinski definition) is 5. The fraction of sp³-hybridized carbons (Fsp3) is 0.231. The van der Waals surface area contributed by atoms with Gasteiger partial charge in [0.25, 0.3) is 0 Å². The van der Waals surface area contributed by atoms with Crippen molar-refractivity contribution in [2.45, 2.75) is 20.0 Å². The third-order valence-electron chi connectivity index (χ3n) is 2.28. The summed E-state index contributed by atoms with van der Waals surface area (Å²) in [6.45, 7) is 3.66. The predicted octanol–water partition coefficient (Wildman–Crippen LogP) is 3.43. The summed E-state index contributed by atoms with van der Waals surface area (Å²) in [7, 11) is 0. The molecule has 0 radical (unpaired) electrons. The summed E-state index contributed by atoms with van der Waals surface area (Å²) in [5, 5.41) is -0.0474. The number of nitrogens with two attached hydrogens (primary N) is 1. The number of aromatic nitrogens is 2. The smallest absolute Gasteiger partial charge is 0.249 e. The molecule has 0 aliphatic heterocycles. The van der Waals surface area contributed by atoms with E-state index in [9.17, 15) is 4.39 Å². The summed E-state index contributed by atoms with van der Waals surface area (Å²) in [4.78, 5) is 7.77. The Bertz CT molecular complexity index is 623. The van der Waals surface area contributed by atoms with Gasteiger partial charge in [0, 0.05) is 0 Å². The molecule has 2 N–H and O–H groups in total. The Morgan fingerprint density at radius 1 is 1.25 bits per heavy atom. The average Bonchev–Trinajstić information content (AvgIpc) is 2.39. The molecule has 0 aliphatic rings. The average molecular weight is 298 g/mol. The topological polar surface area (TPSA) is 70.3 Å². The van der Waals surface area contributed by atoms with E-state index in [1.54, 1.807) is 6.07 Å². The molecule has 0 aliphatic carbocycles. The second-order valence-corrected chi connectivity index (χ2v) is 4.63. The lowest BCUT2D eigenvalue weighted by Crippen LogP contribution is -2.10. The van der Waals surface area contributed by atoms with Crippen molar-refractivity contribution in [1.82, 2.24) is 9.97 Å². The van der Waals surface area contributed by atoms with E-state index < -0.39 is 5.82 Å². The zero-order valence-corrected chi connectivity index (χ0v) is 11.7. The monoisotopic (exact) mass is 297 g/mol. The van der Waals surface area contributed by atoms with Gasteiger partial charge in [0.15, 0.2) is 17.3 Å². The number of halogens is 2. The minimum Gasteiger partial charge on any atom is -0.473 e. The molecule has 0 saturated carbocycles. The molecule has 0 atom stereocenters. The van der Waals surface area contributed by atoms with Crippen LogP contribution in [0, 0.1) is 5.82 Å². The summed E-state index contributed by atoms with van der Waals surface area (Å²) in [5.41, 5.74) is 5.93. The Kier molecular flexibility index (Phi) is 4.24. The van der Waals surface area contributed by atoms with Crippen LogP contribution in [0.4, 0.5) is 10.1 Å². The highest BCUT2D eigenvalue weighted by atomic mass is 35.5. The summed E-state index contributed by atoms with van der Waals surface area (Å²) < 4.78 is 24.5. The third kappa shape index (κ3) is 3.08. The number of hydrogen-bond donors (Lipinski definition) is 1. The molecule has 1 heterocycles. The maximum absolute atomic E-state index is 13.8. The van der Waals surface area contributed by atoms with E-state index in [0.29, 0.717) is 0 Å². The number of nitrogens with zero attached hydrogens (tertiary/aromatic N) is 2. The molecule has 2 aromatic rings. The molecule has 1 aromatic carbocycles. The zero-order chi connectivity index (χ0) is 14.7. The Morgan fingerprint density at radius 3 is 2.65 bits per heavy atom. The third-order valence-corrected chi connectivity index (χ3v) is 2.57. The molecule has 2 rings (SSSR count). The molecule has 0 bridgehead atoms. The van der Waals surface area contributed by atoms with Crippen LogP contribution in [0.3, 0.4) is 0 Å². The first-order chi connectivity index (χ1) is 9.49. The van der Waals surface area contributed by atoms with Crippen LogP contribution in [0.2, 0.25) is 5.02 Å². The standard InChI is InChI=1S/C13H13ClFN3O2/c1-7(2)19-12-11(16)13(18-6-17-12)20-9-5-3-4-8(14)10(9)15/h3-7H,16H2,1-2H3. The number of rotatable bonds is 4. The quantitative estimate of drug-likeness (QED) is 0.936. The van der Waals surface area contributed by atoms with Crippen LogP contribution in [-0.4, -0.2) is 16.1 Å². The predicted molar refractivity (Wildman–Crippen MR) is 73.7 cm³/mol. The van der Waals surface area contributed by atoms with Crippen LogP contribution < -0.4 is 15.2 Å². The van der Waals surface area contributed by atoms with E-state index in [0.717, 1.165) is 0 Å². The summed E-state index contributed by atoms with van der Waals surface area (Å²) >= 11 is 5.68. The zero-order valence-electron chi connectivity index (χ0n) is 10.9. The Morgan fingerprint density at radius 2 is 1.95 bits per heavy atom. The van der Waals surface area contributed by atoms with Crippen LogP contribution >= 0.6 is 11.6 Å². The van der Waals surface area contributed by atoms with E-state index >= 15 is 0 Å². The van der Waals surface area contributed by atoms with E-state index in [1.165, 1.54) is 18.5 Å². The molecule has 20 heavy (non-hydrogen) atoms. The van der Waals surface area contributed by atoms with Crippen LogP contribution in [0.15, 0.2) is 24.5 Å². The van der Waals surface area contributed by atoms with Gasteiger partial charge in [0.05, 0.1) is 11.1 Å². The van der Waals surface area contributed by atoms with Gasteiger partial charge in [0.1, 0.15) is 6.33 Å². The largest absolute Gasteiger partial charge is 0.473 e. The van der Waals surface area contributed by atoms with E-state index in [-0.39, 0.29) is 34.3 Å². The highest BCUT2D eigenvalue weighted by molar-refractivity contribution is 6.30. The molecule has 106 valence electrons. The fourth-order valence-electron chi connectivity index (χ4n) is 1.43. The Labute approximate surface area is 120 Å². The lowest BCUT2D eigenvalue weighted by Gasteiger charge is -2.13. The molecule has 0 spiro atoms. The van der Waals surface area contributed by atoms with Gasteiger partial charge >= 0.3 is 0 Å². The maximum Gasteiger partial charge on any atom is 0.249 e. The Hall–Kier alpha value is -2.08. The van der Waals surface area contributed by atoms with Crippen molar-refractivity contribution in [3.05, 3.63) is 35.4 Å². The molecular weight excluding hydrogens is 285 g/mol. The van der Waals surface area contributed by atoms with E-state index in [4.69, 9.17) is 26.8 Å². The molecule has 1 aromatic heterocycles. The number of anilines is 1. The number of ether oxygens (including phenoxy) is 2. The maximum atomic E-state index is 13.8. The van der Waals surface area contributed by atoms with Crippen molar-refractivity contribution in [3.63, 3.8) is 0 Å². The van der Waals surface area contributed by atoms with Gasteiger partial charge in [-0.3, -0.25) is 0 Å². The van der Waals surface area contributed by atoms with E-state index in [2.05, 4.69) is 9.97 Å². The van der Waals surface area contributed by atoms with Crippen molar-refractivity contribution in [1.29, 1.82) is 0 Å². The molecule has 0 unspecified atom stereocenters. The van der Waals surface area contributed by atoms with Gasteiger partial charge in [-0.1, -0.05) is 17.7 Å². The lowest BCUT2D eigenvalue weighted by atomic mass is 10.3. The molecule has 0 saturated heterocycles. The summed E-state index contributed by atoms with van der Waals surface area (Å²) in [6.07, 6.45) is 1.12. The van der Waals surface area contributed by atoms with Crippen molar-refractivity contribution in [2.24, 2.45) is 0 Å². The van der Waals surface area contributed by atoms with Gasteiger partial charge in [0.2, 0.25) is 11.8 Å². The highest BCUT2D eigenvalue weighted by Crippen LogP contribution is 2.33. The van der Waals surface area contributed by atoms with Gasteiger partial charge < -0.3 is 15.2 Å². The van der Waals surface area contributed by atoms with Crippen LogP contribution in [0.5, 0.6) is 17.5 Å².